The Bertz CT molecular complexity index is 476. The number of carbonyl (C=O) groups excluding carboxylic acids is 1. The molecule has 2 aliphatic rings. The molecule has 23 heavy (non-hydrogen) atoms. The summed E-state index contributed by atoms with van der Waals surface area (Å²) < 4.78 is 11.2. The van der Waals surface area contributed by atoms with Gasteiger partial charge in [-0.3, -0.25) is 4.79 Å². The molecule has 128 valence electrons. The fraction of sp³-hybridized carbons (Fsp3) is 0.722. The Morgan fingerprint density at radius 3 is 2.78 bits per heavy atom. The van der Waals surface area contributed by atoms with Crippen molar-refractivity contribution in [3.63, 3.8) is 0 Å². The Morgan fingerprint density at radius 1 is 1.30 bits per heavy atom. The minimum Gasteiger partial charge on any atom is -0.381 e. The molecule has 0 atom stereocenters. The summed E-state index contributed by atoms with van der Waals surface area (Å²) in [6.07, 6.45) is 8.37. The van der Waals surface area contributed by atoms with Crippen LogP contribution in [-0.2, 0) is 19.8 Å². The Hall–Kier alpha value is -0.910. The molecular formula is C18H27NO3S. The van der Waals surface area contributed by atoms with E-state index in [0.29, 0.717) is 13.0 Å². The molecule has 0 bridgehead atoms. The molecule has 1 amide bonds. The zero-order valence-electron chi connectivity index (χ0n) is 13.7. The number of hydrogen-bond acceptors (Lipinski definition) is 4. The standard InChI is InChI=1S/C18H27NO3S/c20-17(8-13-22-15-6-11-21-12-7-15)19-18(9-2-1-3-10-18)16-5-4-14-23-16/h4-5,14-15H,1-3,6-13H2,(H,19,20). The molecule has 2 fully saturated rings. The minimum absolute atomic E-state index is 0.118. The van der Waals surface area contributed by atoms with E-state index in [1.807, 2.05) is 0 Å². The first kappa shape index (κ1) is 16.9. The van der Waals surface area contributed by atoms with E-state index in [-0.39, 0.29) is 17.6 Å². The van der Waals surface area contributed by atoms with Crippen molar-refractivity contribution in [2.24, 2.45) is 0 Å². The van der Waals surface area contributed by atoms with Gasteiger partial charge in [0, 0.05) is 24.5 Å². The molecule has 1 saturated carbocycles. The van der Waals surface area contributed by atoms with Crippen LogP contribution < -0.4 is 5.32 Å². The summed E-state index contributed by atoms with van der Waals surface area (Å²) in [7, 11) is 0. The predicted octanol–water partition coefficient (Wildman–Crippen LogP) is 3.61. The molecule has 3 rings (SSSR count). The molecule has 4 nitrogen and oxygen atoms in total. The van der Waals surface area contributed by atoms with Gasteiger partial charge >= 0.3 is 0 Å². The van der Waals surface area contributed by atoms with Gasteiger partial charge in [-0.15, -0.1) is 11.3 Å². The summed E-state index contributed by atoms with van der Waals surface area (Å²) in [6.45, 7) is 2.06. The van der Waals surface area contributed by atoms with Crippen molar-refractivity contribution in [1.82, 2.24) is 5.32 Å². The average Bonchev–Trinajstić information content (AvgIpc) is 3.12. The maximum Gasteiger partial charge on any atom is 0.223 e. The first-order chi connectivity index (χ1) is 11.3. The van der Waals surface area contributed by atoms with Crippen LogP contribution in [0.15, 0.2) is 17.5 Å². The van der Waals surface area contributed by atoms with E-state index in [4.69, 9.17) is 9.47 Å². The highest BCUT2D eigenvalue weighted by molar-refractivity contribution is 7.10. The van der Waals surface area contributed by atoms with E-state index in [0.717, 1.165) is 38.9 Å². The largest absolute Gasteiger partial charge is 0.381 e. The number of ether oxygens (including phenoxy) is 2. The van der Waals surface area contributed by atoms with Crippen LogP contribution in [0.25, 0.3) is 0 Å². The van der Waals surface area contributed by atoms with Crippen LogP contribution in [0.1, 0.15) is 56.2 Å². The van der Waals surface area contributed by atoms with Gasteiger partial charge < -0.3 is 14.8 Å². The minimum atomic E-state index is -0.137. The van der Waals surface area contributed by atoms with Crippen LogP contribution in [-0.4, -0.2) is 31.8 Å². The molecule has 0 aromatic carbocycles. The van der Waals surface area contributed by atoms with Crippen LogP contribution in [0.3, 0.4) is 0 Å². The van der Waals surface area contributed by atoms with Gasteiger partial charge in [0.25, 0.3) is 0 Å². The van der Waals surface area contributed by atoms with Gasteiger partial charge in [-0.1, -0.05) is 25.3 Å². The van der Waals surface area contributed by atoms with Crippen molar-refractivity contribution in [1.29, 1.82) is 0 Å². The lowest BCUT2D eigenvalue weighted by atomic mass is 9.80. The van der Waals surface area contributed by atoms with Gasteiger partial charge in [-0.25, -0.2) is 0 Å². The highest BCUT2D eigenvalue weighted by atomic mass is 32.1. The monoisotopic (exact) mass is 337 g/mol. The Kier molecular flexibility index (Phi) is 6.08. The highest BCUT2D eigenvalue weighted by Crippen LogP contribution is 2.39. The van der Waals surface area contributed by atoms with Crippen LogP contribution in [0.4, 0.5) is 0 Å². The van der Waals surface area contributed by atoms with Gasteiger partial charge in [0.15, 0.2) is 0 Å². The van der Waals surface area contributed by atoms with Crippen LogP contribution in [0.5, 0.6) is 0 Å². The van der Waals surface area contributed by atoms with Gasteiger partial charge in [-0.05, 0) is 37.1 Å². The molecular weight excluding hydrogens is 310 g/mol. The van der Waals surface area contributed by atoms with E-state index in [1.54, 1.807) is 11.3 Å². The SMILES string of the molecule is O=C(CCOC1CCOCC1)NC1(c2cccs2)CCCCC1. The van der Waals surface area contributed by atoms with Gasteiger partial charge in [0.1, 0.15) is 0 Å². The normalized spacial score (nSPS) is 21.9. The van der Waals surface area contributed by atoms with E-state index in [9.17, 15) is 4.79 Å². The quantitative estimate of drug-likeness (QED) is 0.862. The number of rotatable bonds is 6. The molecule has 1 aliphatic carbocycles. The van der Waals surface area contributed by atoms with Crippen LogP contribution in [0.2, 0.25) is 0 Å². The lowest BCUT2D eigenvalue weighted by molar-refractivity contribution is -0.125. The lowest BCUT2D eigenvalue weighted by Gasteiger charge is -2.37. The topological polar surface area (TPSA) is 47.6 Å². The van der Waals surface area contributed by atoms with E-state index in [1.165, 1.54) is 24.1 Å². The zero-order chi connectivity index (χ0) is 16.0. The predicted molar refractivity (Wildman–Crippen MR) is 91.6 cm³/mol. The second kappa shape index (κ2) is 8.27. The third kappa shape index (κ3) is 4.55. The molecule has 5 heteroatoms. The van der Waals surface area contributed by atoms with E-state index >= 15 is 0 Å². The molecule has 1 aromatic heterocycles. The van der Waals surface area contributed by atoms with Crippen LogP contribution in [0, 0.1) is 0 Å². The molecule has 1 saturated heterocycles. The number of amides is 1. The van der Waals surface area contributed by atoms with E-state index < -0.39 is 0 Å². The van der Waals surface area contributed by atoms with Crippen molar-refractivity contribution >= 4 is 17.2 Å². The molecule has 1 aliphatic heterocycles. The summed E-state index contributed by atoms with van der Waals surface area (Å²) in [6, 6.07) is 4.24. The summed E-state index contributed by atoms with van der Waals surface area (Å²) in [4.78, 5) is 13.7. The van der Waals surface area contributed by atoms with Gasteiger partial charge in [0.2, 0.25) is 5.91 Å². The first-order valence-electron chi connectivity index (χ1n) is 8.83. The average molecular weight is 337 g/mol. The maximum absolute atomic E-state index is 12.4. The molecule has 0 unspecified atom stereocenters. The number of hydrogen-bond donors (Lipinski definition) is 1. The first-order valence-corrected chi connectivity index (χ1v) is 9.71. The third-order valence-electron chi connectivity index (χ3n) is 4.93. The van der Waals surface area contributed by atoms with Crippen molar-refractivity contribution in [2.75, 3.05) is 19.8 Å². The molecule has 2 heterocycles. The van der Waals surface area contributed by atoms with Gasteiger partial charge in [-0.2, -0.15) is 0 Å². The summed E-state index contributed by atoms with van der Waals surface area (Å²) in [5.74, 6) is 0.118. The lowest BCUT2D eigenvalue weighted by Crippen LogP contribution is -2.47. The Balaban J connectivity index is 1.50. The molecule has 0 radical (unpaired) electrons. The zero-order valence-corrected chi connectivity index (χ0v) is 14.5. The fourth-order valence-electron chi connectivity index (χ4n) is 3.63. The molecule has 0 spiro atoms. The van der Waals surface area contributed by atoms with Crippen LogP contribution >= 0.6 is 11.3 Å². The highest BCUT2D eigenvalue weighted by Gasteiger charge is 2.36. The smallest absolute Gasteiger partial charge is 0.223 e. The van der Waals surface area contributed by atoms with Crippen molar-refractivity contribution in [2.45, 2.75) is 63.0 Å². The second-order valence-corrected chi connectivity index (χ2v) is 7.55. The molecule has 1 N–H and O–H groups in total. The third-order valence-corrected chi connectivity index (χ3v) is 6.00. The van der Waals surface area contributed by atoms with E-state index in [2.05, 4.69) is 22.8 Å². The summed E-state index contributed by atoms with van der Waals surface area (Å²) in [5.41, 5.74) is -0.137. The number of carbonyl (C=O) groups is 1. The number of thiophene rings is 1. The number of nitrogens with one attached hydrogen (secondary N) is 1. The maximum atomic E-state index is 12.4. The summed E-state index contributed by atoms with van der Waals surface area (Å²) >= 11 is 1.76. The Morgan fingerprint density at radius 2 is 2.09 bits per heavy atom. The fourth-order valence-corrected chi connectivity index (χ4v) is 4.57. The second-order valence-electron chi connectivity index (χ2n) is 6.60. The molecule has 1 aromatic rings. The Labute approximate surface area is 142 Å². The summed E-state index contributed by atoms with van der Waals surface area (Å²) in [5, 5.41) is 5.44. The van der Waals surface area contributed by atoms with Crippen molar-refractivity contribution in [3.05, 3.63) is 22.4 Å². The van der Waals surface area contributed by atoms with Crippen molar-refractivity contribution < 1.29 is 14.3 Å². The van der Waals surface area contributed by atoms with Gasteiger partial charge in [0.05, 0.1) is 18.2 Å². The van der Waals surface area contributed by atoms with Crippen molar-refractivity contribution in [3.8, 4) is 0 Å².